The zero-order valence-electron chi connectivity index (χ0n) is 41.9. The molecule has 3 aromatic heterocycles. The van der Waals surface area contributed by atoms with Crippen molar-refractivity contribution in [3.8, 4) is 38.6 Å². The van der Waals surface area contributed by atoms with E-state index in [2.05, 4.69) is 59.9 Å². The second-order valence-electron chi connectivity index (χ2n) is 21.5. The summed E-state index contributed by atoms with van der Waals surface area (Å²) in [5, 5.41) is 35.8. The summed E-state index contributed by atoms with van der Waals surface area (Å²) >= 11 is 1.59. The van der Waals surface area contributed by atoms with Crippen molar-refractivity contribution in [2.24, 2.45) is 17.3 Å². The van der Waals surface area contributed by atoms with Crippen LogP contribution in [-0.4, -0.2) is 108 Å². The van der Waals surface area contributed by atoms with E-state index in [9.17, 15) is 24.6 Å². The number of hydrogen-bond acceptors (Lipinski definition) is 14. The van der Waals surface area contributed by atoms with Crippen LogP contribution in [0.3, 0.4) is 0 Å². The number of aromatic hydroxyl groups is 1. The molecule has 17 heteroatoms. The number of aryl methyl sites for hydroxylation is 1. The number of nitrogen functional groups attached to an aromatic ring is 1. The minimum absolute atomic E-state index is 0.0308. The molecule has 2 unspecified atom stereocenters. The summed E-state index contributed by atoms with van der Waals surface area (Å²) in [6, 6.07) is 24.3. The number of likely N-dealkylation sites (tertiary alicyclic amines) is 1. The molecule has 6 heterocycles. The van der Waals surface area contributed by atoms with Gasteiger partial charge in [-0.15, -0.1) is 21.5 Å². The number of hydrogen-bond donors (Lipinski definition) is 5. The van der Waals surface area contributed by atoms with Crippen molar-refractivity contribution in [1.29, 1.82) is 0 Å². The van der Waals surface area contributed by atoms with Gasteiger partial charge in [0.1, 0.15) is 17.8 Å². The molecule has 1 saturated carbocycles. The van der Waals surface area contributed by atoms with Gasteiger partial charge in [-0.05, 0) is 104 Å². The Bertz CT molecular complexity index is 2920. The lowest BCUT2D eigenvalue weighted by Crippen LogP contribution is -2.58. The Morgan fingerprint density at radius 1 is 0.808 bits per heavy atom. The second-order valence-corrected chi connectivity index (χ2v) is 22.3. The molecule has 3 aliphatic heterocycles. The Morgan fingerprint density at radius 3 is 2.14 bits per heavy atom. The van der Waals surface area contributed by atoms with Gasteiger partial charge in [0.2, 0.25) is 23.7 Å². The van der Waals surface area contributed by atoms with E-state index in [0.29, 0.717) is 23.0 Å². The van der Waals surface area contributed by atoms with Gasteiger partial charge in [-0.25, -0.2) is 15.0 Å². The fourth-order valence-corrected chi connectivity index (χ4v) is 12.1. The lowest BCUT2D eigenvalue weighted by atomic mass is 9.78. The number of carbonyl (C=O) groups excluding carboxylic acids is 3. The minimum atomic E-state index is -0.865. The van der Waals surface area contributed by atoms with Crippen LogP contribution in [0.5, 0.6) is 5.75 Å². The largest absolute Gasteiger partial charge is 0.507 e. The van der Waals surface area contributed by atoms with Gasteiger partial charge in [0.05, 0.1) is 33.6 Å². The molecule has 380 valence electrons. The highest BCUT2D eigenvalue weighted by Gasteiger charge is 2.46. The Balaban J connectivity index is 0.698. The first-order valence-electron chi connectivity index (χ1n) is 25.6. The molecule has 6 aromatic rings. The number of para-hydroxylation sites is 1. The number of rotatable bonds is 13. The Labute approximate surface area is 430 Å². The topological polar surface area (TPSA) is 216 Å². The molecule has 6 N–H and O–H groups in total. The van der Waals surface area contributed by atoms with Gasteiger partial charge in [0.25, 0.3) is 0 Å². The molecule has 16 nitrogen and oxygen atoms in total. The Hall–Kier alpha value is -6.98. The third-order valence-electron chi connectivity index (χ3n) is 15.4. The number of nitrogens with two attached hydrogens (primary N) is 1. The molecule has 0 spiro atoms. The molecule has 3 aromatic carbocycles. The first kappa shape index (κ1) is 49.6. The number of anilines is 3. The standard InChI is InChI=1S/C56H65N11O5S/c1-33-49(73-32-61-33)38-17-13-36(14-18-38)26-58-53(71)47-24-43(68)31-66(47)54(72)50(56(2,3)4)62-52(70)39-19-11-35(12-20-39)23-34-9-15-37(16-10-34)40-27-59-55(60-28-40)67-41-21-22-42(67)30-65(29-41)46-25-45(63-64-51(46)57)44-7-5-6-8-48(44)69/h5-10,13-18,25,27-28,32,35,39,41-43,47,50,68-69H,11-12,19-24,26,29-31H2,1-4H3,(H2,57,64)(H,58,71)(H,62,70)/t35-,39-,41?,42?,43-,47+,50-/m1/s1. The molecule has 10 rings (SSSR count). The lowest BCUT2D eigenvalue weighted by molar-refractivity contribution is -0.144. The van der Waals surface area contributed by atoms with Crippen molar-refractivity contribution >= 4 is 46.5 Å². The van der Waals surface area contributed by atoms with Gasteiger partial charge >= 0.3 is 0 Å². The van der Waals surface area contributed by atoms with Crippen LogP contribution >= 0.6 is 11.3 Å². The maximum Gasteiger partial charge on any atom is 0.246 e. The Morgan fingerprint density at radius 2 is 1.48 bits per heavy atom. The molecule has 73 heavy (non-hydrogen) atoms. The number of nitrogens with one attached hydrogen (secondary N) is 2. The number of nitrogens with zero attached hydrogens (tertiary/aromatic N) is 8. The number of thiazole rings is 1. The smallest absolute Gasteiger partial charge is 0.246 e. The first-order valence-corrected chi connectivity index (χ1v) is 26.5. The van der Waals surface area contributed by atoms with Crippen molar-refractivity contribution in [3.63, 3.8) is 0 Å². The van der Waals surface area contributed by atoms with Gasteiger partial charge in [-0.3, -0.25) is 14.4 Å². The van der Waals surface area contributed by atoms with E-state index in [1.54, 1.807) is 23.5 Å². The highest BCUT2D eigenvalue weighted by Crippen LogP contribution is 2.39. The van der Waals surface area contributed by atoms with Gasteiger partial charge in [0.15, 0.2) is 5.82 Å². The first-order chi connectivity index (χ1) is 35.2. The molecule has 0 radical (unpaired) electrons. The summed E-state index contributed by atoms with van der Waals surface area (Å²) in [7, 11) is 0. The highest BCUT2D eigenvalue weighted by atomic mass is 32.1. The second kappa shape index (κ2) is 20.9. The van der Waals surface area contributed by atoms with Gasteiger partial charge in [-0.1, -0.05) is 81.4 Å². The molecule has 3 saturated heterocycles. The van der Waals surface area contributed by atoms with E-state index >= 15 is 0 Å². The fraction of sp³-hybridized carbons (Fsp3) is 0.429. The van der Waals surface area contributed by atoms with Gasteiger partial charge in [-0.2, -0.15) is 0 Å². The predicted octanol–water partition coefficient (Wildman–Crippen LogP) is 7.34. The molecule has 3 amide bonds. The number of amides is 3. The number of fused-ring (bicyclic) bond motifs is 2. The number of aliphatic hydroxyl groups is 1. The molecular weight excluding hydrogens is 939 g/mol. The summed E-state index contributed by atoms with van der Waals surface area (Å²) < 4.78 is 0. The Kier molecular flexibility index (Phi) is 14.2. The molecule has 1 aliphatic carbocycles. The van der Waals surface area contributed by atoms with Crippen LogP contribution in [0.25, 0.3) is 32.8 Å². The van der Waals surface area contributed by atoms with Crippen LogP contribution in [0.4, 0.5) is 17.5 Å². The molecular formula is C56H65N11O5S. The number of β-amino-alcohol motifs (C(OH)–C–C–N with tert-alkyl or cyclic N) is 1. The van der Waals surface area contributed by atoms with Crippen molar-refractivity contribution < 1.29 is 24.6 Å². The maximum absolute atomic E-state index is 14.3. The van der Waals surface area contributed by atoms with Crippen molar-refractivity contribution in [2.75, 3.05) is 35.2 Å². The predicted molar refractivity (Wildman–Crippen MR) is 283 cm³/mol. The van der Waals surface area contributed by atoms with E-state index in [0.717, 1.165) is 102 Å². The molecule has 4 aliphatic rings. The average molecular weight is 1000 g/mol. The van der Waals surface area contributed by atoms with Crippen LogP contribution in [0.15, 0.2) is 96.8 Å². The average Bonchev–Trinajstić information content (AvgIpc) is 4.08. The number of aliphatic hydroxyl groups excluding tert-OH is 1. The summed E-state index contributed by atoms with van der Waals surface area (Å²) in [5.74, 6) is 0.649. The van der Waals surface area contributed by atoms with Crippen molar-refractivity contribution in [3.05, 3.63) is 114 Å². The van der Waals surface area contributed by atoms with E-state index in [4.69, 9.17) is 15.7 Å². The number of piperazine rings is 1. The number of carbonyl (C=O) groups is 3. The van der Waals surface area contributed by atoms with Crippen LogP contribution in [0.1, 0.15) is 82.5 Å². The van der Waals surface area contributed by atoms with Crippen LogP contribution in [-0.2, 0) is 27.3 Å². The SMILES string of the molecule is Cc1ncsc1-c1ccc(CNC(=O)[C@@H]2C[C@@H](O)CN2C(=O)[C@@H](NC(=O)[C@H]2CC[C@H](Cc3ccc(-c4cnc(N5C6CCC5CN(c5cc(-c7ccccc7O)nnc5N)C6)nc4)cc3)CC2)C(C)(C)C)cc1. The van der Waals surface area contributed by atoms with E-state index in [1.165, 1.54) is 10.5 Å². The summed E-state index contributed by atoms with van der Waals surface area (Å²) in [5.41, 5.74) is 15.8. The fourth-order valence-electron chi connectivity index (χ4n) is 11.3. The van der Waals surface area contributed by atoms with Crippen LogP contribution < -0.4 is 26.2 Å². The third kappa shape index (κ3) is 10.7. The van der Waals surface area contributed by atoms with E-state index < -0.39 is 23.6 Å². The number of aromatic nitrogens is 5. The van der Waals surface area contributed by atoms with Crippen molar-refractivity contribution in [2.45, 2.75) is 116 Å². The number of benzene rings is 3. The molecule has 5 atom stereocenters. The van der Waals surface area contributed by atoms with E-state index in [1.807, 2.05) is 88.1 Å². The van der Waals surface area contributed by atoms with E-state index in [-0.39, 0.29) is 61.0 Å². The monoisotopic (exact) mass is 1000 g/mol. The van der Waals surface area contributed by atoms with Gasteiger partial charge in [0, 0.05) is 74.1 Å². The normalized spacial score (nSPS) is 22.3. The summed E-state index contributed by atoms with van der Waals surface area (Å²) in [4.78, 5) is 63.1. The van der Waals surface area contributed by atoms with Crippen LogP contribution in [0, 0.1) is 24.2 Å². The highest BCUT2D eigenvalue weighted by molar-refractivity contribution is 7.13. The summed E-state index contributed by atoms with van der Waals surface area (Å²) in [6.45, 7) is 9.54. The maximum atomic E-state index is 14.3. The third-order valence-corrected chi connectivity index (χ3v) is 16.4. The van der Waals surface area contributed by atoms with Crippen molar-refractivity contribution in [1.82, 2.24) is 40.7 Å². The summed E-state index contributed by atoms with van der Waals surface area (Å²) in [6.07, 6.45) is 9.34. The quantitative estimate of drug-likeness (QED) is 0.0767. The zero-order valence-corrected chi connectivity index (χ0v) is 42.8. The molecule has 4 fully saturated rings. The zero-order chi connectivity index (χ0) is 51.0. The van der Waals surface area contributed by atoms with Gasteiger partial charge < -0.3 is 41.3 Å². The number of phenols is 1. The van der Waals surface area contributed by atoms with Crippen LogP contribution in [0.2, 0.25) is 0 Å². The number of phenolic OH excluding ortho intramolecular Hbond substituents is 1. The lowest BCUT2D eigenvalue weighted by Gasteiger charge is -2.42. The molecule has 2 bridgehead atoms. The minimum Gasteiger partial charge on any atom is -0.507 e.